The highest BCUT2D eigenvalue weighted by molar-refractivity contribution is 5.57. The SMILES string of the molecule is C=Cc1cccc(/C=C/CC(=C)/C=C(\N)F)c1. The summed E-state index contributed by atoms with van der Waals surface area (Å²) in [7, 11) is 0. The molecular formula is C15H16FN. The number of nitrogens with two attached hydrogens (primary N) is 1. The van der Waals surface area contributed by atoms with Gasteiger partial charge in [-0.15, -0.1) is 0 Å². The summed E-state index contributed by atoms with van der Waals surface area (Å²) in [5.41, 5.74) is 7.70. The molecule has 0 atom stereocenters. The fourth-order valence-corrected chi connectivity index (χ4v) is 1.39. The van der Waals surface area contributed by atoms with E-state index in [0.29, 0.717) is 12.0 Å². The lowest BCUT2D eigenvalue weighted by atomic mass is 10.1. The molecule has 17 heavy (non-hydrogen) atoms. The van der Waals surface area contributed by atoms with Gasteiger partial charge in [-0.2, -0.15) is 4.39 Å². The highest BCUT2D eigenvalue weighted by Gasteiger charge is 1.91. The second-order valence-electron chi connectivity index (χ2n) is 3.67. The van der Waals surface area contributed by atoms with E-state index in [0.717, 1.165) is 11.1 Å². The Balaban J connectivity index is 2.62. The van der Waals surface area contributed by atoms with E-state index in [1.54, 1.807) is 6.08 Å². The maximum Gasteiger partial charge on any atom is 0.184 e. The summed E-state index contributed by atoms with van der Waals surface area (Å²) in [5.74, 6) is -0.711. The molecule has 2 heteroatoms. The van der Waals surface area contributed by atoms with Gasteiger partial charge in [0.15, 0.2) is 5.95 Å². The average molecular weight is 229 g/mol. The van der Waals surface area contributed by atoms with Gasteiger partial charge in [0.25, 0.3) is 0 Å². The van der Waals surface area contributed by atoms with Crippen LogP contribution in [0.5, 0.6) is 0 Å². The summed E-state index contributed by atoms with van der Waals surface area (Å²) in [6.07, 6.45) is 7.47. The van der Waals surface area contributed by atoms with Crippen LogP contribution in [0, 0.1) is 0 Å². The minimum absolute atomic E-state index is 0.572. The molecule has 1 aromatic rings. The Morgan fingerprint density at radius 1 is 1.35 bits per heavy atom. The molecule has 0 amide bonds. The number of halogens is 1. The van der Waals surface area contributed by atoms with E-state index in [1.807, 2.05) is 36.4 Å². The van der Waals surface area contributed by atoms with Crippen LogP contribution >= 0.6 is 0 Å². The average Bonchev–Trinajstić information content (AvgIpc) is 2.28. The van der Waals surface area contributed by atoms with Crippen molar-refractivity contribution in [3.05, 3.63) is 72.2 Å². The van der Waals surface area contributed by atoms with Crippen molar-refractivity contribution >= 4 is 12.2 Å². The molecule has 0 saturated heterocycles. The Bertz CT molecular complexity index is 466. The molecule has 0 radical (unpaired) electrons. The normalized spacial score (nSPS) is 11.7. The van der Waals surface area contributed by atoms with Crippen LogP contribution in [0.3, 0.4) is 0 Å². The van der Waals surface area contributed by atoms with E-state index in [9.17, 15) is 4.39 Å². The monoisotopic (exact) mass is 229 g/mol. The van der Waals surface area contributed by atoms with E-state index in [2.05, 4.69) is 13.2 Å². The first-order valence-corrected chi connectivity index (χ1v) is 5.31. The molecule has 0 bridgehead atoms. The van der Waals surface area contributed by atoms with E-state index >= 15 is 0 Å². The Morgan fingerprint density at radius 2 is 2.06 bits per heavy atom. The molecule has 1 rings (SSSR count). The lowest BCUT2D eigenvalue weighted by molar-refractivity contribution is 0.625. The molecule has 2 N–H and O–H groups in total. The van der Waals surface area contributed by atoms with Gasteiger partial charge in [-0.3, -0.25) is 0 Å². The van der Waals surface area contributed by atoms with Crippen LogP contribution in [0.2, 0.25) is 0 Å². The molecule has 0 aliphatic heterocycles. The zero-order chi connectivity index (χ0) is 12.7. The molecule has 0 aliphatic carbocycles. The molecule has 0 spiro atoms. The van der Waals surface area contributed by atoms with Crippen LogP contribution in [-0.2, 0) is 0 Å². The lowest BCUT2D eigenvalue weighted by Crippen LogP contribution is -1.88. The van der Waals surface area contributed by atoms with Crippen molar-refractivity contribution < 1.29 is 4.39 Å². The quantitative estimate of drug-likeness (QED) is 0.598. The number of hydrogen-bond donors (Lipinski definition) is 1. The summed E-state index contributed by atoms with van der Waals surface area (Å²) < 4.78 is 12.3. The van der Waals surface area contributed by atoms with Crippen molar-refractivity contribution in [2.24, 2.45) is 5.73 Å². The minimum atomic E-state index is -0.711. The molecule has 1 aromatic carbocycles. The largest absolute Gasteiger partial charge is 0.376 e. The maximum atomic E-state index is 12.3. The Morgan fingerprint density at radius 3 is 2.71 bits per heavy atom. The standard InChI is InChI=1S/C15H16FN/c1-3-13-7-5-9-14(11-13)8-4-6-12(2)10-15(16)17/h3-5,7-11H,1-2,6,17H2/b8-4+,15-10-. The third kappa shape index (κ3) is 4.98. The summed E-state index contributed by atoms with van der Waals surface area (Å²) in [6.45, 7) is 7.41. The predicted molar refractivity (Wildman–Crippen MR) is 72.7 cm³/mol. The van der Waals surface area contributed by atoms with Gasteiger partial charge in [0.05, 0.1) is 0 Å². The van der Waals surface area contributed by atoms with Crippen molar-refractivity contribution in [1.82, 2.24) is 0 Å². The van der Waals surface area contributed by atoms with Crippen LogP contribution in [0.1, 0.15) is 17.5 Å². The molecule has 88 valence electrons. The van der Waals surface area contributed by atoms with E-state index in [1.165, 1.54) is 6.08 Å². The van der Waals surface area contributed by atoms with Gasteiger partial charge in [0.1, 0.15) is 0 Å². The van der Waals surface area contributed by atoms with Gasteiger partial charge >= 0.3 is 0 Å². The first kappa shape index (κ1) is 13.0. The smallest absolute Gasteiger partial charge is 0.184 e. The second kappa shape index (κ2) is 6.48. The van der Waals surface area contributed by atoms with Crippen molar-refractivity contribution in [2.75, 3.05) is 0 Å². The van der Waals surface area contributed by atoms with Crippen LogP contribution < -0.4 is 5.73 Å². The molecular weight excluding hydrogens is 213 g/mol. The van der Waals surface area contributed by atoms with Crippen molar-refractivity contribution in [3.8, 4) is 0 Å². The highest BCUT2D eigenvalue weighted by Crippen LogP contribution is 2.10. The molecule has 1 nitrogen and oxygen atoms in total. The Hall–Kier alpha value is -2.09. The van der Waals surface area contributed by atoms with Crippen molar-refractivity contribution in [1.29, 1.82) is 0 Å². The number of allylic oxidation sites excluding steroid dienone is 3. The van der Waals surface area contributed by atoms with Gasteiger partial charge in [-0.1, -0.05) is 49.6 Å². The number of benzene rings is 1. The van der Waals surface area contributed by atoms with Gasteiger partial charge in [-0.25, -0.2) is 0 Å². The number of hydrogen-bond acceptors (Lipinski definition) is 1. The first-order chi connectivity index (χ1) is 8.11. The predicted octanol–water partition coefficient (Wildman–Crippen LogP) is 4.06. The summed E-state index contributed by atoms with van der Waals surface area (Å²) in [6, 6.07) is 7.96. The summed E-state index contributed by atoms with van der Waals surface area (Å²) in [5, 5.41) is 0. The first-order valence-electron chi connectivity index (χ1n) is 5.31. The lowest BCUT2D eigenvalue weighted by Gasteiger charge is -1.97. The summed E-state index contributed by atoms with van der Waals surface area (Å²) in [4.78, 5) is 0. The third-order valence-electron chi connectivity index (χ3n) is 2.18. The molecule has 0 aromatic heterocycles. The van der Waals surface area contributed by atoms with Gasteiger partial charge in [0, 0.05) is 0 Å². The summed E-state index contributed by atoms with van der Waals surface area (Å²) >= 11 is 0. The van der Waals surface area contributed by atoms with Crippen LogP contribution in [0.25, 0.3) is 12.2 Å². The third-order valence-corrected chi connectivity index (χ3v) is 2.18. The minimum Gasteiger partial charge on any atom is -0.376 e. The highest BCUT2D eigenvalue weighted by atomic mass is 19.1. The van der Waals surface area contributed by atoms with Crippen LogP contribution in [-0.4, -0.2) is 0 Å². The van der Waals surface area contributed by atoms with Crippen LogP contribution in [0.15, 0.2) is 61.1 Å². The molecule has 0 heterocycles. The molecule has 0 aliphatic rings. The Kier molecular flexibility index (Phi) is 4.95. The fraction of sp³-hybridized carbons (Fsp3) is 0.0667. The Labute approximate surface area is 101 Å². The van der Waals surface area contributed by atoms with Gasteiger partial charge < -0.3 is 5.73 Å². The zero-order valence-electron chi connectivity index (χ0n) is 9.70. The van der Waals surface area contributed by atoms with E-state index in [4.69, 9.17) is 5.73 Å². The molecule has 0 unspecified atom stereocenters. The van der Waals surface area contributed by atoms with Crippen molar-refractivity contribution in [2.45, 2.75) is 6.42 Å². The van der Waals surface area contributed by atoms with E-state index < -0.39 is 5.95 Å². The van der Waals surface area contributed by atoms with Crippen LogP contribution in [0.4, 0.5) is 4.39 Å². The zero-order valence-corrected chi connectivity index (χ0v) is 9.70. The topological polar surface area (TPSA) is 26.0 Å². The molecule has 0 fully saturated rings. The number of rotatable bonds is 5. The maximum absolute atomic E-state index is 12.3. The fourth-order valence-electron chi connectivity index (χ4n) is 1.39. The second-order valence-corrected chi connectivity index (χ2v) is 3.67. The van der Waals surface area contributed by atoms with E-state index in [-0.39, 0.29) is 0 Å². The van der Waals surface area contributed by atoms with Crippen molar-refractivity contribution in [3.63, 3.8) is 0 Å². The van der Waals surface area contributed by atoms with Gasteiger partial charge in [-0.05, 0) is 35.3 Å². The van der Waals surface area contributed by atoms with Gasteiger partial charge in [0.2, 0.25) is 0 Å². The molecule has 0 saturated carbocycles.